The monoisotopic (exact) mass is 242 g/mol. The van der Waals surface area contributed by atoms with Gasteiger partial charge >= 0.3 is 0 Å². The second kappa shape index (κ2) is 5.07. The molecule has 2 atom stereocenters. The number of hydrogen-bond donors (Lipinski definition) is 1. The summed E-state index contributed by atoms with van der Waals surface area (Å²) in [6.45, 7) is 2.81. The normalized spacial score (nSPS) is 22.3. The van der Waals surface area contributed by atoms with Crippen molar-refractivity contribution < 1.29 is 13.6 Å². The molecule has 6 heteroatoms. The van der Waals surface area contributed by atoms with Crippen LogP contribution in [0.5, 0.6) is 0 Å². The lowest BCUT2D eigenvalue weighted by molar-refractivity contribution is -0.167. The molecule has 1 rings (SSSR count). The summed E-state index contributed by atoms with van der Waals surface area (Å²) in [6.07, 6.45) is 0.775. The van der Waals surface area contributed by atoms with Crippen molar-refractivity contribution >= 4 is 18.3 Å². The van der Waals surface area contributed by atoms with Gasteiger partial charge in [0.1, 0.15) is 0 Å². The van der Waals surface area contributed by atoms with Crippen molar-refractivity contribution in [2.24, 2.45) is 11.7 Å². The van der Waals surface area contributed by atoms with Crippen molar-refractivity contribution in [1.82, 2.24) is 4.90 Å². The van der Waals surface area contributed by atoms with Crippen LogP contribution in [0.15, 0.2) is 0 Å². The van der Waals surface area contributed by atoms with Crippen molar-refractivity contribution in [3.63, 3.8) is 0 Å². The summed E-state index contributed by atoms with van der Waals surface area (Å²) in [4.78, 5) is 12.6. The van der Waals surface area contributed by atoms with Gasteiger partial charge in [-0.3, -0.25) is 4.79 Å². The van der Waals surface area contributed by atoms with Gasteiger partial charge in [0.05, 0.1) is 19.1 Å². The van der Waals surface area contributed by atoms with E-state index in [-0.39, 0.29) is 24.2 Å². The predicted octanol–water partition coefficient (Wildman–Crippen LogP) is 1.26. The Bertz CT molecular complexity index is 230. The summed E-state index contributed by atoms with van der Waals surface area (Å²) in [5, 5.41) is 0. The standard InChI is InChI=1S/C9H16F2N2O.ClH/c1-3-6(2)7(12)8(14)13-4-9(10,11)5-13;/h6-7H,3-5,12H2,1-2H3;1H/t6-,7+;/m1./s1. The molecule has 1 saturated heterocycles. The van der Waals surface area contributed by atoms with Gasteiger partial charge in [-0.15, -0.1) is 12.4 Å². The summed E-state index contributed by atoms with van der Waals surface area (Å²) in [5.41, 5.74) is 5.63. The first-order chi connectivity index (χ1) is 6.37. The molecule has 1 aliphatic rings. The molecule has 0 aromatic heterocycles. The van der Waals surface area contributed by atoms with E-state index in [0.29, 0.717) is 0 Å². The summed E-state index contributed by atoms with van der Waals surface area (Å²) in [5.74, 6) is -3.02. The van der Waals surface area contributed by atoms with Crippen molar-refractivity contribution in [2.75, 3.05) is 13.1 Å². The van der Waals surface area contributed by atoms with Crippen molar-refractivity contribution in [1.29, 1.82) is 0 Å². The van der Waals surface area contributed by atoms with Crippen LogP contribution < -0.4 is 5.73 Å². The molecule has 0 aliphatic carbocycles. The summed E-state index contributed by atoms with van der Waals surface area (Å²) < 4.78 is 24.9. The third kappa shape index (κ3) is 3.28. The van der Waals surface area contributed by atoms with Gasteiger partial charge in [0.25, 0.3) is 5.92 Å². The molecule has 0 aromatic rings. The number of nitrogens with zero attached hydrogens (tertiary/aromatic N) is 1. The molecular weight excluding hydrogens is 226 g/mol. The number of likely N-dealkylation sites (tertiary alicyclic amines) is 1. The number of rotatable bonds is 3. The number of hydrogen-bond acceptors (Lipinski definition) is 2. The Balaban J connectivity index is 0.00000196. The number of halogens is 3. The van der Waals surface area contributed by atoms with Crippen LogP contribution in [-0.2, 0) is 4.79 Å². The lowest BCUT2D eigenvalue weighted by Gasteiger charge is -2.40. The second-order valence-electron chi connectivity index (χ2n) is 3.96. The molecule has 2 N–H and O–H groups in total. The smallest absolute Gasteiger partial charge is 0.282 e. The molecule has 1 amide bonds. The summed E-state index contributed by atoms with van der Waals surface area (Å²) in [7, 11) is 0. The average molecular weight is 243 g/mol. The van der Waals surface area contributed by atoms with Gasteiger partial charge in [-0.2, -0.15) is 0 Å². The lowest BCUT2D eigenvalue weighted by atomic mass is 9.97. The Labute approximate surface area is 94.4 Å². The third-order valence-electron chi connectivity index (χ3n) is 2.70. The van der Waals surface area contributed by atoms with Crippen molar-refractivity contribution in [3.8, 4) is 0 Å². The molecule has 0 saturated carbocycles. The first-order valence-electron chi connectivity index (χ1n) is 4.79. The second-order valence-corrected chi connectivity index (χ2v) is 3.96. The minimum absolute atomic E-state index is 0. The maximum absolute atomic E-state index is 12.5. The Kier molecular flexibility index (Phi) is 4.93. The minimum Gasteiger partial charge on any atom is -0.329 e. The van der Waals surface area contributed by atoms with Crippen LogP contribution in [0.1, 0.15) is 20.3 Å². The Hall–Kier alpha value is -0.420. The summed E-state index contributed by atoms with van der Waals surface area (Å²) >= 11 is 0. The van der Waals surface area contributed by atoms with E-state index >= 15 is 0 Å². The molecule has 1 fully saturated rings. The Morgan fingerprint density at radius 3 is 2.33 bits per heavy atom. The van der Waals surface area contributed by atoms with Crippen molar-refractivity contribution in [3.05, 3.63) is 0 Å². The average Bonchev–Trinajstić information content (AvgIpc) is 2.10. The van der Waals surface area contributed by atoms with Crippen molar-refractivity contribution in [2.45, 2.75) is 32.2 Å². The fraction of sp³-hybridized carbons (Fsp3) is 0.889. The molecule has 0 radical (unpaired) electrons. The van der Waals surface area contributed by atoms with E-state index in [1.807, 2.05) is 13.8 Å². The molecular formula is C9H17ClF2N2O. The van der Waals surface area contributed by atoms with Crippen LogP contribution in [0.25, 0.3) is 0 Å². The van der Waals surface area contributed by atoms with E-state index in [1.165, 1.54) is 0 Å². The van der Waals surface area contributed by atoms with E-state index in [2.05, 4.69) is 0 Å². The highest BCUT2D eigenvalue weighted by Crippen LogP contribution is 2.27. The highest BCUT2D eigenvalue weighted by atomic mass is 35.5. The molecule has 90 valence electrons. The SMILES string of the molecule is CC[C@@H](C)[C@H](N)C(=O)N1CC(F)(F)C1.Cl. The van der Waals surface area contributed by atoms with Crippen LogP contribution in [0.3, 0.4) is 0 Å². The molecule has 1 heterocycles. The van der Waals surface area contributed by atoms with E-state index in [9.17, 15) is 13.6 Å². The topological polar surface area (TPSA) is 46.3 Å². The van der Waals surface area contributed by atoms with Gasteiger partial charge in [0.2, 0.25) is 5.91 Å². The maximum Gasteiger partial charge on any atom is 0.282 e. The number of amides is 1. The van der Waals surface area contributed by atoms with Gasteiger partial charge in [0.15, 0.2) is 0 Å². The zero-order valence-electron chi connectivity index (χ0n) is 8.87. The first kappa shape index (κ1) is 14.6. The molecule has 0 aromatic carbocycles. The molecule has 15 heavy (non-hydrogen) atoms. The van der Waals surface area contributed by atoms with E-state index in [4.69, 9.17) is 5.73 Å². The fourth-order valence-corrected chi connectivity index (χ4v) is 1.38. The van der Waals surface area contributed by atoms with Gasteiger partial charge < -0.3 is 10.6 Å². The summed E-state index contributed by atoms with van der Waals surface area (Å²) in [6, 6.07) is -0.643. The van der Waals surface area contributed by atoms with Crippen LogP contribution in [0.2, 0.25) is 0 Å². The minimum atomic E-state index is -2.70. The Morgan fingerprint density at radius 2 is 2.00 bits per heavy atom. The van der Waals surface area contributed by atoms with Gasteiger partial charge in [-0.05, 0) is 5.92 Å². The lowest BCUT2D eigenvalue weighted by Crippen LogP contribution is -2.62. The largest absolute Gasteiger partial charge is 0.329 e. The molecule has 1 aliphatic heterocycles. The molecule has 0 unspecified atom stereocenters. The molecule has 3 nitrogen and oxygen atoms in total. The number of carbonyl (C=O) groups is 1. The number of nitrogens with two attached hydrogens (primary N) is 1. The first-order valence-corrected chi connectivity index (χ1v) is 4.79. The molecule has 0 spiro atoms. The predicted molar refractivity (Wildman–Crippen MR) is 56.2 cm³/mol. The van der Waals surface area contributed by atoms with Gasteiger partial charge in [0, 0.05) is 0 Å². The van der Waals surface area contributed by atoms with Crippen LogP contribution in [-0.4, -0.2) is 35.9 Å². The highest BCUT2D eigenvalue weighted by molar-refractivity contribution is 5.85. The van der Waals surface area contributed by atoms with Gasteiger partial charge in [-0.25, -0.2) is 8.78 Å². The van der Waals surface area contributed by atoms with Crippen LogP contribution in [0.4, 0.5) is 8.78 Å². The van der Waals surface area contributed by atoms with Crippen LogP contribution in [0, 0.1) is 5.92 Å². The number of alkyl halides is 2. The third-order valence-corrected chi connectivity index (χ3v) is 2.70. The molecule has 0 bridgehead atoms. The quantitative estimate of drug-likeness (QED) is 0.810. The fourth-order valence-electron chi connectivity index (χ4n) is 1.38. The zero-order chi connectivity index (χ0) is 10.9. The number of carbonyl (C=O) groups excluding carboxylic acids is 1. The maximum atomic E-state index is 12.5. The van der Waals surface area contributed by atoms with E-state index < -0.39 is 25.1 Å². The van der Waals surface area contributed by atoms with Crippen LogP contribution >= 0.6 is 12.4 Å². The van der Waals surface area contributed by atoms with E-state index in [1.54, 1.807) is 0 Å². The Morgan fingerprint density at radius 1 is 1.53 bits per heavy atom. The highest BCUT2D eigenvalue weighted by Gasteiger charge is 2.47. The zero-order valence-corrected chi connectivity index (χ0v) is 9.69. The van der Waals surface area contributed by atoms with Gasteiger partial charge in [-0.1, -0.05) is 20.3 Å². The van der Waals surface area contributed by atoms with E-state index in [0.717, 1.165) is 11.3 Å².